The molecule has 0 aliphatic rings. The number of tetrazole rings is 1. The second-order valence-electron chi connectivity index (χ2n) is 9.91. The number of aryl methyl sites for hydroxylation is 2. The molecule has 0 radical (unpaired) electrons. The van der Waals surface area contributed by atoms with Crippen molar-refractivity contribution >= 4 is 22.5 Å². The lowest BCUT2D eigenvalue weighted by Crippen LogP contribution is -2.32. The summed E-state index contributed by atoms with van der Waals surface area (Å²) in [5.41, 5.74) is 5.37. The molecule has 0 bridgehead atoms. The summed E-state index contributed by atoms with van der Waals surface area (Å²) in [7, 11) is 0. The summed E-state index contributed by atoms with van der Waals surface area (Å²) in [4.78, 5) is 18.6. The van der Waals surface area contributed by atoms with Crippen molar-refractivity contribution in [1.82, 2.24) is 30.1 Å². The first-order valence-electron chi connectivity index (χ1n) is 12.9. The Hall–Kier alpha value is -3.88. The smallest absolute Gasteiger partial charge is 0.252 e. The van der Waals surface area contributed by atoms with E-state index in [2.05, 4.69) is 51.4 Å². The van der Waals surface area contributed by atoms with Crippen LogP contribution in [-0.4, -0.2) is 30.1 Å². The van der Waals surface area contributed by atoms with E-state index in [1.165, 1.54) is 12.1 Å². The van der Waals surface area contributed by atoms with E-state index in [1.807, 2.05) is 37.3 Å². The van der Waals surface area contributed by atoms with Gasteiger partial charge in [-0.15, -0.1) is 5.10 Å². The van der Waals surface area contributed by atoms with Crippen LogP contribution in [0.2, 0.25) is 5.02 Å². The minimum absolute atomic E-state index is 0.126. The van der Waals surface area contributed by atoms with E-state index in [9.17, 15) is 9.18 Å². The molecule has 2 heterocycles. The van der Waals surface area contributed by atoms with Gasteiger partial charge in [0.25, 0.3) is 5.56 Å². The van der Waals surface area contributed by atoms with Crippen molar-refractivity contribution in [2.45, 2.75) is 52.9 Å². The van der Waals surface area contributed by atoms with Crippen LogP contribution in [0.3, 0.4) is 0 Å². The van der Waals surface area contributed by atoms with Crippen LogP contribution in [0.1, 0.15) is 53.0 Å². The molecule has 0 saturated carbocycles. The molecule has 0 spiro atoms. The fourth-order valence-corrected chi connectivity index (χ4v) is 5.32. The van der Waals surface area contributed by atoms with Crippen molar-refractivity contribution in [2.75, 3.05) is 0 Å². The molecule has 0 amide bonds. The fourth-order valence-electron chi connectivity index (χ4n) is 5.12. The Morgan fingerprint density at radius 3 is 2.51 bits per heavy atom. The third kappa shape index (κ3) is 5.92. The van der Waals surface area contributed by atoms with Gasteiger partial charge in [-0.1, -0.05) is 60.5 Å². The molecular formula is C30H30ClFN6O. The lowest BCUT2D eigenvalue weighted by molar-refractivity contribution is 0.161. The van der Waals surface area contributed by atoms with Crippen molar-refractivity contribution in [3.05, 3.63) is 122 Å². The number of halogens is 2. The molecule has 1 unspecified atom stereocenters. The number of hydrogen-bond acceptors (Lipinski definition) is 5. The first kappa shape index (κ1) is 26.7. The van der Waals surface area contributed by atoms with Gasteiger partial charge in [0, 0.05) is 23.7 Å². The van der Waals surface area contributed by atoms with Gasteiger partial charge in [0.15, 0.2) is 5.82 Å². The molecule has 5 rings (SSSR count). The molecule has 200 valence electrons. The molecular weight excluding hydrogens is 515 g/mol. The van der Waals surface area contributed by atoms with Gasteiger partial charge in [0.1, 0.15) is 5.82 Å². The molecule has 39 heavy (non-hydrogen) atoms. The van der Waals surface area contributed by atoms with Gasteiger partial charge in [-0.05, 0) is 83.1 Å². The van der Waals surface area contributed by atoms with Crippen LogP contribution in [0.4, 0.5) is 4.39 Å². The summed E-state index contributed by atoms with van der Waals surface area (Å²) in [5.74, 6) is 0.372. The topological polar surface area (TPSA) is 79.7 Å². The highest BCUT2D eigenvalue weighted by Crippen LogP contribution is 2.29. The summed E-state index contributed by atoms with van der Waals surface area (Å²) in [6.45, 7) is 7.38. The number of hydrogen-bond donors (Lipinski definition) is 1. The molecule has 9 heteroatoms. The predicted molar refractivity (Wildman–Crippen MR) is 151 cm³/mol. The zero-order valence-corrected chi connectivity index (χ0v) is 22.9. The average Bonchev–Trinajstić information content (AvgIpc) is 3.35. The number of pyridine rings is 1. The summed E-state index contributed by atoms with van der Waals surface area (Å²) in [6, 6.07) is 19.9. The first-order valence-corrected chi connectivity index (χ1v) is 13.3. The number of rotatable bonds is 9. The third-order valence-electron chi connectivity index (χ3n) is 7.01. The Labute approximate surface area is 231 Å². The molecule has 1 N–H and O–H groups in total. The zero-order chi connectivity index (χ0) is 27.5. The van der Waals surface area contributed by atoms with E-state index in [-0.39, 0.29) is 17.4 Å². The highest BCUT2D eigenvalue weighted by Gasteiger charge is 2.27. The van der Waals surface area contributed by atoms with Crippen LogP contribution in [0, 0.1) is 19.7 Å². The average molecular weight is 545 g/mol. The highest BCUT2D eigenvalue weighted by atomic mass is 35.5. The molecule has 0 fully saturated rings. The third-order valence-corrected chi connectivity index (χ3v) is 7.37. The fraction of sp³-hybridized carbons (Fsp3) is 0.267. The van der Waals surface area contributed by atoms with E-state index >= 15 is 0 Å². The highest BCUT2D eigenvalue weighted by molar-refractivity contribution is 6.31. The summed E-state index contributed by atoms with van der Waals surface area (Å²) in [6.07, 6.45) is 0.692. The molecule has 3 aromatic carbocycles. The number of aromatic amines is 1. The molecule has 7 nitrogen and oxygen atoms in total. The predicted octanol–water partition coefficient (Wildman–Crippen LogP) is 6.13. The maximum Gasteiger partial charge on any atom is 0.252 e. The van der Waals surface area contributed by atoms with Crippen LogP contribution < -0.4 is 5.56 Å². The standard InChI is InChI=1S/C30H30ClFN6O/c1-4-27(29-34-35-36-38(29)16-21-9-11-25(32)12-10-21)37(17-22-7-5-6-8-26(22)31)18-24-15-23-14-19(2)13-20(3)28(23)33-30(24)39/h5-15,27H,4,16-18H2,1-3H3,(H,33,39). The van der Waals surface area contributed by atoms with Gasteiger partial charge in [-0.25, -0.2) is 9.07 Å². The summed E-state index contributed by atoms with van der Waals surface area (Å²) in [5, 5.41) is 14.2. The molecule has 0 aliphatic carbocycles. The summed E-state index contributed by atoms with van der Waals surface area (Å²) >= 11 is 6.57. The molecule has 0 aliphatic heterocycles. The van der Waals surface area contributed by atoms with Gasteiger partial charge >= 0.3 is 0 Å². The molecule has 5 aromatic rings. The van der Waals surface area contributed by atoms with Crippen LogP contribution in [0.15, 0.2) is 71.5 Å². The van der Waals surface area contributed by atoms with Crippen molar-refractivity contribution < 1.29 is 4.39 Å². The molecule has 1 atom stereocenters. The second kappa shape index (κ2) is 11.5. The normalized spacial score (nSPS) is 12.4. The lowest BCUT2D eigenvalue weighted by Gasteiger charge is -2.30. The van der Waals surface area contributed by atoms with Crippen molar-refractivity contribution in [2.24, 2.45) is 0 Å². The maximum atomic E-state index is 13.5. The number of nitrogens with one attached hydrogen (secondary N) is 1. The number of fused-ring (bicyclic) bond motifs is 1. The van der Waals surface area contributed by atoms with E-state index in [0.717, 1.165) is 33.2 Å². The number of H-pyrrole nitrogens is 1. The summed E-state index contributed by atoms with van der Waals surface area (Å²) < 4.78 is 15.2. The Kier molecular flexibility index (Phi) is 7.86. The van der Waals surface area contributed by atoms with Crippen LogP contribution in [-0.2, 0) is 19.6 Å². The van der Waals surface area contributed by atoms with Gasteiger partial charge in [-0.2, -0.15) is 0 Å². The van der Waals surface area contributed by atoms with Gasteiger partial charge in [-0.3, -0.25) is 9.69 Å². The van der Waals surface area contributed by atoms with Crippen LogP contribution in [0.5, 0.6) is 0 Å². The van der Waals surface area contributed by atoms with Crippen LogP contribution in [0.25, 0.3) is 10.9 Å². The van der Waals surface area contributed by atoms with Gasteiger partial charge in [0.2, 0.25) is 0 Å². The molecule has 2 aromatic heterocycles. The van der Waals surface area contributed by atoms with E-state index in [0.29, 0.717) is 42.5 Å². The Morgan fingerprint density at radius 1 is 1.03 bits per heavy atom. The monoisotopic (exact) mass is 544 g/mol. The maximum absolute atomic E-state index is 13.5. The quantitative estimate of drug-likeness (QED) is 0.241. The first-order chi connectivity index (χ1) is 18.8. The van der Waals surface area contributed by atoms with E-state index < -0.39 is 0 Å². The SMILES string of the molecule is CCC(c1nnnn1Cc1ccc(F)cc1)N(Cc1ccccc1Cl)Cc1cc2cc(C)cc(C)c2[nH]c1=O. The van der Waals surface area contributed by atoms with E-state index in [4.69, 9.17) is 11.6 Å². The largest absolute Gasteiger partial charge is 0.321 e. The number of aromatic nitrogens is 5. The Balaban J connectivity index is 1.54. The molecule has 0 saturated heterocycles. The van der Waals surface area contributed by atoms with Crippen LogP contribution >= 0.6 is 11.6 Å². The zero-order valence-electron chi connectivity index (χ0n) is 22.2. The van der Waals surface area contributed by atoms with Crippen molar-refractivity contribution in [3.8, 4) is 0 Å². The van der Waals surface area contributed by atoms with Crippen molar-refractivity contribution in [3.63, 3.8) is 0 Å². The lowest BCUT2D eigenvalue weighted by atomic mass is 10.0. The Morgan fingerprint density at radius 2 is 1.77 bits per heavy atom. The number of nitrogens with zero attached hydrogens (tertiary/aromatic N) is 5. The second-order valence-corrected chi connectivity index (χ2v) is 10.3. The Bertz CT molecular complexity index is 1660. The van der Waals surface area contributed by atoms with Crippen molar-refractivity contribution in [1.29, 1.82) is 0 Å². The van der Waals surface area contributed by atoms with Gasteiger partial charge < -0.3 is 4.98 Å². The van der Waals surface area contributed by atoms with Gasteiger partial charge in [0.05, 0.1) is 18.1 Å². The minimum atomic E-state index is -0.293. The minimum Gasteiger partial charge on any atom is -0.321 e. The van der Waals surface area contributed by atoms with E-state index in [1.54, 1.807) is 16.8 Å². The number of benzene rings is 3.